The fourth-order valence-corrected chi connectivity index (χ4v) is 4.53. The van der Waals surface area contributed by atoms with Crippen molar-refractivity contribution in [1.29, 1.82) is 0 Å². The van der Waals surface area contributed by atoms with E-state index in [1.54, 1.807) is 0 Å². The van der Waals surface area contributed by atoms with Crippen LogP contribution in [0.2, 0.25) is 0 Å². The summed E-state index contributed by atoms with van der Waals surface area (Å²) in [5.41, 5.74) is 5.28. The second-order valence-corrected chi connectivity index (χ2v) is 8.26. The average molecular weight is 383 g/mol. The lowest BCUT2D eigenvalue weighted by Crippen LogP contribution is -2.07. The molecule has 0 fully saturated rings. The van der Waals surface area contributed by atoms with E-state index in [-0.39, 0.29) is 5.24 Å². The van der Waals surface area contributed by atoms with Gasteiger partial charge in [-0.15, -0.1) is 0 Å². The molecule has 0 aliphatic heterocycles. The minimum atomic E-state index is -0.0675. The molecule has 1 amide bonds. The Kier molecular flexibility index (Phi) is 4.74. The summed E-state index contributed by atoms with van der Waals surface area (Å²) in [4.78, 5) is 26.9. The molecule has 5 nitrogen and oxygen atoms in total. The topological polar surface area (TPSA) is 67.8 Å². The Labute approximate surface area is 160 Å². The van der Waals surface area contributed by atoms with E-state index in [9.17, 15) is 4.79 Å². The van der Waals surface area contributed by atoms with Crippen molar-refractivity contribution in [1.82, 2.24) is 15.0 Å². The second kappa shape index (κ2) is 7.17. The number of benzene rings is 1. The van der Waals surface area contributed by atoms with Gasteiger partial charge in [-0.1, -0.05) is 54.3 Å². The van der Waals surface area contributed by atoms with Crippen molar-refractivity contribution < 1.29 is 4.79 Å². The number of rotatable bonds is 3. The lowest BCUT2D eigenvalue weighted by Gasteiger charge is -2.15. The molecular formula is C19H18N4OS2. The SMILES string of the molecule is CCSC(=O)Nc1nc2c(s1)-c1nc(-c3ccccc3C)ncc1CC2. The van der Waals surface area contributed by atoms with Gasteiger partial charge in [0.2, 0.25) is 0 Å². The predicted molar refractivity (Wildman–Crippen MR) is 108 cm³/mol. The van der Waals surface area contributed by atoms with Crippen LogP contribution in [0.15, 0.2) is 30.5 Å². The van der Waals surface area contributed by atoms with Crippen molar-refractivity contribution in [2.24, 2.45) is 0 Å². The maximum atomic E-state index is 11.8. The van der Waals surface area contributed by atoms with Crippen LogP contribution >= 0.6 is 23.1 Å². The van der Waals surface area contributed by atoms with Gasteiger partial charge in [-0.25, -0.2) is 15.0 Å². The molecule has 26 heavy (non-hydrogen) atoms. The number of hydrogen-bond acceptors (Lipinski definition) is 6. The van der Waals surface area contributed by atoms with E-state index in [4.69, 9.17) is 4.98 Å². The lowest BCUT2D eigenvalue weighted by molar-refractivity contribution is 0.270. The third kappa shape index (κ3) is 3.24. The summed E-state index contributed by atoms with van der Waals surface area (Å²) >= 11 is 2.74. The predicted octanol–water partition coefficient (Wildman–Crippen LogP) is 4.96. The Morgan fingerprint density at radius 3 is 2.92 bits per heavy atom. The van der Waals surface area contributed by atoms with E-state index >= 15 is 0 Å². The Balaban J connectivity index is 1.72. The highest BCUT2D eigenvalue weighted by Crippen LogP contribution is 2.39. The smallest absolute Gasteiger partial charge is 0.285 e. The van der Waals surface area contributed by atoms with Gasteiger partial charge >= 0.3 is 0 Å². The molecule has 0 spiro atoms. The lowest BCUT2D eigenvalue weighted by atomic mass is 9.99. The van der Waals surface area contributed by atoms with Crippen LogP contribution in [0.5, 0.6) is 0 Å². The number of nitrogens with zero attached hydrogens (tertiary/aromatic N) is 3. The van der Waals surface area contributed by atoms with E-state index in [1.165, 1.54) is 23.1 Å². The summed E-state index contributed by atoms with van der Waals surface area (Å²) in [5.74, 6) is 1.47. The first kappa shape index (κ1) is 17.2. The van der Waals surface area contributed by atoms with E-state index < -0.39 is 0 Å². The number of thioether (sulfide) groups is 1. The Morgan fingerprint density at radius 2 is 2.12 bits per heavy atom. The van der Waals surface area contributed by atoms with Gasteiger partial charge in [0.25, 0.3) is 5.24 Å². The fraction of sp³-hybridized carbons (Fsp3) is 0.263. The van der Waals surface area contributed by atoms with Crippen LogP contribution < -0.4 is 5.32 Å². The summed E-state index contributed by atoms with van der Waals surface area (Å²) in [6, 6.07) is 8.13. The van der Waals surface area contributed by atoms with Crippen LogP contribution in [0, 0.1) is 6.92 Å². The third-order valence-electron chi connectivity index (χ3n) is 4.28. The van der Waals surface area contributed by atoms with Crippen molar-refractivity contribution in [3.63, 3.8) is 0 Å². The largest absolute Gasteiger partial charge is 0.293 e. The van der Waals surface area contributed by atoms with E-state index in [0.717, 1.165) is 57.4 Å². The Morgan fingerprint density at radius 1 is 1.27 bits per heavy atom. The zero-order valence-electron chi connectivity index (χ0n) is 14.6. The number of fused-ring (bicyclic) bond motifs is 3. The van der Waals surface area contributed by atoms with Crippen molar-refractivity contribution in [3.05, 3.63) is 47.3 Å². The van der Waals surface area contributed by atoms with Crippen LogP contribution in [-0.4, -0.2) is 25.9 Å². The van der Waals surface area contributed by atoms with Gasteiger partial charge in [-0.3, -0.25) is 10.1 Å². The first-order valence-corrected chi connectivity index (χ1v) is 10.3. The highest BCUT2D eigenvalue weighted by atomic mass is 32.2. The first-order valence-electron chi connectivity index (χ1n) is 8.51. The van der Waals surface area contributed by atoms with Gasteiger partial charge in [0.05, 0.1) is 16.3 Å². The number of thiazole rings is 1. The van der Waals surface area contributed by atoms with Gasteiger partial charge in [0.1, 0.15) is 0 Å². The standard InChI is InChI=1S/C19H18N4OS2/c1-3-25-19(24)23-18-21-14-9-8-12-10-20-17(22-15(12)16(14)26-18)13-7-5-4-6-11(13)2/h4-7,10H,3,8-9H2,1-2H3,(H,21,23,24). The van der Waals surface area contributed by atoms with Crippen LogP contribution in [0.4, 0.5) is 9.93 Å². The minimum Gasteiger partial charge on any atom is -0.293 e. The molecule has 132 valence electrons. The third-order valence-corrected chi connectivity index (χ3v) is 5.95. The van der Waals surface area contributed by atoms with Gasteiger partial charge in [0.15, 0.2) is 11.0 Å². The summed E-state index contributed by atoms with van der Waals surface area (Å²) in [6.45, 7) is 4.02. The van der Waals surface area contributed by atoms with Gasteiger partial charge in [-0.2, -0.15) is 0 Å². The van der Waals surface area contributed by atoms with Crippen LogP contribution in [-0.2, 0) is 12.8 Å². The number of aromatic nitrogens is 3. The molecule has 1 N–H and O–H groups in total. The summed E-state index contributed by atoms with van der Waals surface area (Å²) in [5, 5.41) is 3.45. The van der Waals surface area contributed by atoms with Gasteiger partial charge in [-0.05, 0) is 36.6 Å². The van der Waals surface area contributed by atoms with E-state index in [2.05, 4.69) is 28.3 Å². The molecule has 1 aromatic carbocycles. The molecule has 1 aliphatic rings. The minimum absolute atomic E-state index is 0.0675. The van der Waals surface area contributed by atoms with Crippen LogP contribution in [0.1, 0.15) is 23.7 Å². The molecule has 2 aromatic heterocycles. The number of carbonyl (C=O) groups is 1. The first-order chi connectivity index (χ1) is 12.7. The molecule has 0 saturated heterocycles. The molecule has 4 rings (SSSR count). The van der Waals surface area contributed by atoms with Crippen molar-refractivity contribution in [3.8, 4) is 22.0 Å². The van der Waals surface area contributed by atoms with Crippen LogP contribution in [0.3, 0.4) is 0 Å². The molecule has 7 heteroatoms. The molecule has 3 aromatic rings. The monoisotopic (exact) mass is 382 g/mol. The molecule has 0 radical (unpaired) electrons. The highest BCUT2D eigenvalue weighted by Gasteiger charge is 2.24. The summed E-state index contributed by atoms with van der Waals surface area (Å²) < 4.78 is 0. The summed E-state index contributed by atoms with van der Waals surface area (Å²) in [6.07, 6.45) is 3.65. The number of aryl methyl sites for hydroxylation is 3. The van der Waals surface area contributed by atoms with E-state index in [0.29, 0.717) is 5.13 Å². The molecule has 0 bridgehead atoms. The number of hydrogen-bond donors (Lipinski definition) is 1. The molecule has 0 unspecified atom stereocenters. The van der Waals surface area contributed by atoms with Gasteiger partial charge in [0, 0.05) is 11.8 Å². The Hall–Kier alpha value is -2.25. The van der Waals surface area contributed by atoms with Crippen molar-refractivity contribution in [2.75, 3.05) is 11.1 Å². The Bertz CT molecular complexity index is 983. The number of anilines is 1. The summed E-state index contributed by atoms with van der Waals surface area (Å²) in [7, 11) is 0. The second-order valence-electron chi connectivity index (χ2n) is 6.02. The number of amides is 1. The van der Waals surface area contributed by atoms with Crippen LogP contribution in [0.25, 0.3) is 22.0 Å². The zero-order valence-corrected chi connectivity index (χ0v) is 16.2. The average Bonchev–Trinajstić information content (AvgIpc) is 3.04. The van der Waals surface area contributed by atoms with E-state index in [1.807, 2.05) is 31.3 Å². The highest BCUT2D eigenvalue weighted by molar-refractivity contribution is 8.13. The zero-order chi connectivity index (χ0) is 18.1. The maximum absolute atomic E-state index is 11.8. The fourth-order valence-electron chi connectivity index (χ4n) is 3.01. The molecular weight excluding hydrogens is 364 g/mol. The van der Waals surface area contributed by atoms with Gasteiger partial charge < -0.3 is 0 Å². The van der Waals surface area contributed by atoms with Crippen molar-refractivity contribution >= 4 is 33.5 Å². The molecule has 0 saturated carbocycles. The normalized spacial score (nSPS) is 12.4. The number of carbonyl (C=O) groups excluding carboxylic acids is 1. The number of nitrogens with one attached hydrogen (secondary N) is 1. The molecule has 2 heterocycles. The van der Waals surface area contributed by atoms with Crippen molar-refractivity contribution in [2.45, 2.75) is 26.7 Å². The maximum Gasteiger partial charge on any atom is 0.285 e. The molecule has 0 atom stereocenters. The molecule has 1 aliphatic carbocycles. The quantitative estimate of drug-likeness (QED) is 0.693.